The van der Waals surface area contributed by atoms with E-state index in [0.717, 1.165) is 17.1 Å². The Hall–Kier alpha value is -7.65. The predicted molar refractivity (Wildman–Crippen MR) is 336 cm³/mol. The third-order valence-corrected chi connectivity index (χ3v) is 21.1. The van der Waals surface area contributed by atoms with Crippen LogP contribution in [0.3, 0.4) is 0 Å². The summed E-state index contributed by atoms with van der Waals surface area (Å²) >= 11 is 3.71. The second-order valence-corrected chi connectivity index (χ2v) is 34.1. The topological polar surface area (TPSA) is 3.24 Å². The van der Waals surface area contributed by atoms with E-state index in [4.69, 9.17) is 0 Å². The van der Waals surface area contributed by atoms with Gasteiger partial charge in [0, 0.05) is 36.6 Å². The lowest BCUT2D eigenvalue weighted by molar-refractivity contribution is 1.29. The number of anilines is 3. The van der Waals surface area contributed by atoms with Crippen LogP contribution in [-0.2, 0) is 0 Å². The lowest BCUT2D eigenvalue weighted by Crippen LogP contribution is -2.37. The molecule has 0 radical (unpaired) electrons. The molecular formula is C70H59NS2Si2. The molecule has 0 amide bonds. The Morgan fingerprint density at radius 2 is 0.627 bits per heavy atom. The van der Waals surface area contributed by atoms with E-state index in [9.17, 15) is 0 Å². The minimum atomic E-state index is -1.50. The van der Waals surface area contributed by atoms with Crippen LogP contribution < -0.4 is 15.3 Å². The number of hydrogen-bond donors (Lipinski definition) is 0. The molecule has 1 nitrogen and oxygen atoms in total. The Bertz CT molecular complexity index is 3950. The Kier molecular flexibility index (Phi) is 12.8. The molecule has 12 aromatic rings. The number of benzene rings is 10. The van der Waals surface area contributed by atoms with Crippen molar-refractivity contribution in [1.82, 2.24) is 0 Å². The van der Waals surface area contributed by atoms with Gasteiger partial charge in [0.25, 0.3) is 0 Å². The van der Waals surface area contributed by atoms with Crippen LogP contribution in [0.4, 0.5) is 17.1 Å². The molecule has 0 spiro atoms. The van der Waals surface area contributed by atoms with E-state index in [-0.39, 0.29) is 0 Å². The molecule has 0 fully saturated rings. The molecule has 12 rings (SSSR count). The summed E-state index contributed by atoms with van der Waals surface area (Å²) in [5, 5.41) is 7.86. The summed E-state index contributed by atoms with van der Waals surface area (Å²) in [6, 6.07) is 93.1. The van der Waals surface area contributed by atoms with Gasteiger partial charge in [0.05, 0.1) is 16.1 Å². The van der Waals surface area contributed by atoms with Crippen molar-refractivity contribution >= 4 is 87.8 Å². The molecule has 10 aromatic carbocycles. The average molecular weight is 1030 g/mol. The SMILES string of the molecule is C[Si](C)(C)c1ccc(N(c2ccc([Si](C)(C)C)cc2)c2cccc(-c3ccc4c(-c5cccc(-c6ccc(-c7ccccc7)s6)c5)c5ccccc5c(-c5cccc(-c6ccc(-c7ccccc7)s6)c5)c4c3)c2)cc1. The van der Waals surface area contributed by atoms with Crippen LogP contribution in [0.25, 0.3) is 96.7 Å². The Balaban J connectivity index is 1.04. The van der Waals surface area contributed by atoms with Gasteiger partial charge >= 0.3 is 0 Å². The molecule has 0 unspecified atom stereocenters. The summed E-state index contributed by atoms with van der Waals surface area (Å²) < 4.78 is 0. The molecule has 0 aliphatic heterocycles. The van der Waals surface area contributed by atoms with Gasteiger partial charge in [-0.2, -0.15) is 0 Å². The molecule has 2 aromatic heterocycles. The van der Waals surface area contributed by atoms with E-state index in [1.165, 1.54) is 107 Å². The van der Waals surface area contributed by atoms with Crippen molar-refractivity contribution in [3.05, 3.63) is 249 Å². The highest BCUT2D eigenvalue weighted by Crippen LogP contribution is 2.48. The number of rotatable bonds is 12. The van der Waals surface area contributed by atoms with Crippen LogP contribution in [0.1, 0.15) is 0 Å². The van der Waals surface area contributed by atoms with Crippen molar-refractivity contribution in [2.75, 3.05) is 4.90 Å². The molecule has 0 saturated carbocycles. The van der Waals surface area contributed by atoms with Gasteiger partial charge in [0.15, 0.2) is 0 Å². The minimum absolute atomic E-state index is 1.13. The van der Waals surface area contributed by atoms with Gasteiger partial charge in [-0.3, -0.25) is 0 Å². The summed E-state index contributed by atoms with van der Waals surface area (Å²) in [4.78, 5) is 7.50. The van der Waals surface area contributed by atoms with Crippen molar-refractivity contribution in [1.29, 1.82) is 0 Å². The fraction of sp³-hybridized carbons (Fsp3) is 0.0857. The van der Waals surface area contributed by atoms with Gasteiger partial charge in [-0.25, -0.2) is 0 Å². The quantitative estimate of drug-likeness (QED) is 0.0871. The highest BCUT2D eigenvalue weighted by atomic mass is 32.1. The zero-order chi connectivity index (χ0) is 51.3. The maximum absolute atomic E-state index is 2.47. The zero-order valence-electron chi connectivity index (χ0n) is 43.4. The zero-order valence-corrected chi connectivity index (χ0v) is 47.1. The summed E-state index contributed by atoms with van der Waals surface area (Å²) in [5.41, 5.74) is 15.7. The summed E-state index contributed by atoms with van der Waals surface area (Å²) in [6.45, 7) is 14.5. The molecule has 0 aliphatic carbocycles. The fourth-order valence-electron chi connectivity index (χ4n) is 10.6. The van der Waals surface area contributed by atoms with Gasteiger partial charge < -0.3 is 4.90 Å². The van der Waals surface area contributed by atoms with E-state index in [1.54, 1.807) is 0 Å². The lowest BCUT2D eigenvalue weighted by atomic mass is 9.84. The first-order chi connectivity index (χ1) is 36.4. The van der Waals surface area contributed by atoms with E-state index in [2.05, 4.69) is 293 Å². The highest BCUT2D eigenvalue weighted by Gasteiger charge is 2.23. The van der Waals surface area contributed by atoms with Gasteiger partial charge in [-0.05, 0) is 156 Å². The van der Waals surface area contributed by atoms with Gasteiger partial charge in [0.1, 0.15) is 0 Å². The number of thiophene rings is 2. The first kappa shape index (κ1) is 48.3. The Morgan fingerprint density at radius 3 is 1.11 bits per heavy atom. The molecule has 2 heterocycles. The molecule has 0 bridgehead atoms. The van der Waals surface area contributed by atoms with Crippen LogP contribution in [0.15, 0.2) is 249 Å². The van der Waals surface area contributed by atoms with Crippen LogP contribution in [0.5, 0.6) is 0 Å². The molecule has 0 saturated heterocycles. The summed E-state index contributed by atoms with van der Waals surface area (Å²) in [6.07, 6.45) is 0. The third-order valence-electron chi connectivity index (χ3n) is 14.6. The molecule has 5 heteroatoms. The fourth-order valence-corrected chi connectivity index (χ4v) is 15.0. The van der Waals surface area contributed by atoms with Crippen LogP contribution in [0, 0.1) is 0 Å². The largest absolute Gasteiger partial charge is 0.310 e. The monoisotopic (exact) mass is 1030 g/mol. The number of hydrogen-bond acceptors (Lipinski definition) is 3. The van der Waals surface area contributed by atoms with E-state index >= 15 is 0 Å². The summed E-state index contributed by atoms with van der Waals surface area (Å²) in [7, 11) is -3.00. The molecule has 0 aliphatic rings. The highest BCUT2D eigenvalue weighted by molar-refractivity contribution is 7.19. The standard InChI is InChI=1S/C70H59NS2Si2/c1-74(2,3)59-35-31-56(32-36-59)71(57-33-37-60(38-34-57)75(4,5)6)58-27-17-22-50(46-58)51-30-39-63-64(47-51)70(55-26-16-24-53(45-55)68-43-41-66(73-68)49-20-11-8-12-21-49)62-29-14-13-28-61(62)69(63)54-25-15-23-52(44-54)67-42-40-65(72-67)48-18-9-7-10-19-48/h7-47H,1-6H3. The van der Waals surface area contributed by atoms with Crippen molar-refractivity contribution in [2.24, 2.45) is 0 Å². The van der Waals surface area contributed by atoms with E-state index < -0.39 is 16.1 Å². The molecule has 0 atom stereocenters. The lowest BCUT2D eigenvalue weighted by Gasteiger charge is -2.28. The van der Waals surface area contributed by atoms with Gasteiger partial charge in [-0.1, -0.05) is 220 Å². The summed E-state index contributed by atoms with van der Waals surface area (Å²) in [5.74, 6) is 0. The third kappa shape index (κ3) is 9.70. The number of nitrogens with zero attached hydrogens (tertiary/aromatic N) is 1. The first-order valence-electron chi connectivity index (χ1n) is 26.1. The van der Waals surface area contributed by atoms with Gasteiger partial charge in [0.2, 0.25) is 0 Å². The maximum atomic E-state index is 2.47. The normalized spacial score (nSPS) is 11.9. The van der Waals surface area contributed by atoms with Crippen molar-refractivity contribution < 1.29 is 0 Å². The molecule has 75 heavy (non-hydrogen) atoms. The Morgan fingerprint density at radius 1 is 0.253 bits per heavy atom. The van der Waals surface area contributed by atoms with E-state index in [0.29, 0.717) is 0 Å². The second-order valence-electron chi connectivity index (χ2n) is 21.8. The van der Waals surface area contributed by atoms with Crippen molar-refractivity contribution in [2.45, 2.75) is 39.3 Å². The second kappa shape index (κ2) is 19.9. The minimum Gasteiger partial charge on any atom is -0.310 e. The first-order valence-corrected chi connectivity index (χ1v) is 34.7. The predicted octanol–water partition coefficient (Wildman–Crippen LogP) is 20.3. The van der Waals surface area contributed by atoms with Crippen LogP contribution in [-0.4, -0.2) is 16.1 Å². The number of fused-ring (bicyclic) bond motifs is 2. The van der Waals surface area contributed by atoms with Crippen molar-refractivity contribution in [3.63, 3.8) is 0 Å². The van der Waals surface area contributed by atoms with Gasteiger partial charge in [-0.15, -0.1) is 22.7 Å². The smallest absolute Gasteiger partial charge is 0.0775 e. The molecule has 0 N–H and O–H groups in total. The molecule has 364 valence electrons. The maximum Gasteiger partial charge on any atom is 0.0775 e. The van der Waals surface area contributed by atoms with Crippen molar-refractivity contribution in [3.8, 4) is 75.1 Å². The van der Waals surface area contributed by atoms with Crippen LogP contribution in [0.2, 0.25) is 39.3 Å². The average Bonchev–Trinajstić information content (AvgIpc) is 4.16. The van der Waals surface area contributed by atoms with Crippen LogP contribution >= 0.6 is 22.7 Å². The molecular weight excluding hydrogens is 975 g/mol. The Labute approximate surface area is 452 Å². The van der Waals surface area contributed by atoms with E-state index in [1.807, 2.05) is 22.7 Å².